The predicted molar refractivity (Wildman–Crippen MR) is 121 cm³/mol. The Morgan fingerprint density at radius 2 is 1.77 bits per heavy atom. The molecule has 176 valence electrons. The van der Waals surface area contributed by atoms with Crippen molar-refractivity contribution in [2.75, 3.05) is 19.7 Å². The molecular formula is C25H41NO5. The lowest BCUT2D eigenvalue weighted by atomic mass is 10.1. The minimum Gasteiger partial charge on any atom is -0.389 e. The van der Waals surface area contributed by atoms with Crippen molar-refractivity contribution >= 4 is 0 Å². The Hall–Kier alpha value is -1.02. The van der Waals surface area contributed by atoms with Gasteiger partial charge in [0.25, 0.3) is 0 Å². The summed E-state index contributed by atoms with van der Waals surface area (Å²) in [7, 11) is 0. The summed E-state index contributed by atoms with van der Waals surface area (Å²) in [4.78, 5) is 0. The van der Waals surface area contributed by atoms with Crippen LogP contribution < -0.4 is 5.32 Å². The van der Waals surface area contributed by atoms with Crippen LogP contribution in [0, 0.1) is 0 Å². The molecule has 0 aromatic heterocycles. The molecule has 0 saturated carbocycles. The van der Waals surface area contributed by atoms with Crippen molar-refractivity contribution in [2.45, 2.75) is 102 Å². The van der Waals surface area contributed by atoms with Gasteiger partial charge in [-0.15, -0.1) is 0 Å². The Bertz CT molecular complexity index is 626. The molecule has 6 nitrogen and oxygen atoms in total. The maximum absolute atomic E-state index is 10.8. The Kier molecular flexibility index (Phi) is 9.75. The number of aliphatic hydroxyl groups is 1. The fraction of sp³-hybridized carbons (Fsp3) is 0.760. The number of hydrogen-bond donors (Lipinski definition) is 2. The van der Waals surface area contributed by atoms with Crippen LogP contribution >= 0.6 is 0 Å². The van der Waals surface area contributed by atoms with Gasteiger partial charge < -0.3 is 29.4 Å². The highest BCUT2D eigenvalue weighted by Gasteiger charge is 2.57. The second-order valence-corrected chi connectivity index (χ2v) is 9.18. The number of aryl methyl sites for hydroxylation is 1. The van der Waals surface area contributed by atoms with Crippen LogP contribution in [0.4, 0.5) is 0 Å². The van der Waals surface area contributed by atoms with Crippen molar-refractivity contribution in [1.29, 1.82) is 0 Å². The van der Waals surface area contributed by atoms with E-state index < -0.39 is 24.3 Å². The summed E-state index contributed by atoms with van der Waals surface area (Å²) >= 11 is 0. The summed E-state index contributed by atoms with van der Waals surface area (Å²) in [5.41, 5.74) is 1.30. The third-order valence-corrected chi connectivity index (χ3v) is 5.97. The minimum absolute atomic E-state index is 0.319. The summed E-state index contributed by atoms with van der Waals surface area (Å²) in [5, 5.41) is 14.1. The Labute approximate surface area is 187 Å². The van der Waals surface area contributed by atoms with Crippen molar-refractivity contribution in [2.24, 2.45) is 0 Å². The zero-order valence-corrected chi connectivity index (χ0v) is 19.4. The average Bonchev–Trinajstić information content (AvgIpc) is 3.24. The summed E-state index contributed by atoms with van der Waals surface area (Å²) in [6, 6.07) is 10.4. The van der Waals surface area contributed by atoms with Crippen molar-refractivity contribution in [1.82, 2.24) is 5.32 Å². The highest BCUT2D eigenvalue weighted by Crippen LogP contribution is 2.40. The zero-order chi connectivity index (χ0) is 22.1. The van der Waals surface area contributed by atoms with Crippen LogP contribution in [0.1, 0.15) is 64.9 Å². The first-order valence-corrected chi connectivity index (χ1v) is 12.1. The quantitative estimate of drug-likeness (QED) is 0.433. The molecule has 5 atom stereocenters. The lowest BCUT2D eigenvalue weighted by Gasteiger charge is -2.26. The van der Waals surface area contributed by atoms with E-state index in [2.05, 4.69) is 36.5 Å². The van der Waals surface area contributed by atoms with E-state index in [-0.39, 0.29) is 12.2 Å². The normalized spacial score (nSPS) is 28.0. The molecule has 6 heteroatoms. The van der Waals surface area contributed by atoms with Crippen LogP contribution in [-0.2, 0) is 25.4 Å². The van der Waals surface area contributed by atoms with Gasteiger partial charge in [-0.1, -0.05) is 62.9 Å². The van der Waals surface area contributed by atoms with Gasteiger partial charge in [0.2, 0.25) is 0 Å². The van der Waals surface area contributed by atoms with Crippen molar-refractivity contribution in [3.8, 4) is 0 Å². The van der Waals surface area contributed by atoms with E-state index in [9.17, 15) is 5.11 Å². The fourth-order valence-corrected chi connectivity index (χ4v) is 4.38. The highest BCUT2D eigenvalue weighted by molar-refractivity contribution is 5.14. The molecule has 0 amide bonds. The molecule has 2 aliphatic rings. The number of benzene rings is 1. The number of aliphatic hydroxyl groups excluding tert-OH is 1. The SMILES string of the molecule is CCCCCCCNC[C@@H](O)[C@H]1O[C@H](OCCCc2ccccc2)[C@H]2OC(C)(C)O[C@H]21. The fourth-order valence-electron chi connectivity index (χ4n) is 4.38. The number of unbranched alkanes of at least 4 members (excludes halogenated alkanes) is 4. The van der Waals surface area contributed by atoms with E-state index in [1.54, 1.807) is 0 Å². The van der Waals surface area contributed by atoms with E-state index >= 15 is 0 Å². The van der Waals surface area contributed by atoms with Crippen molar-refractivity contribution < 1.29 is 24.1 Å². The van der Waals surface area contributed by atoms with Gasteiger partial charge in [0, 0.05) is 6.54 Å². The van der Waals surface area contributed by atoms with Crippen molar-refractivity contribution in [3.05, 3.63) is 35.9 Å². The van der Waals surface area contributed by atoms with Crippen LogP contribution in [0.3, 0.4) is 0 Å². The minimum atomic E-state index is -0.699. The monoisotopic (exact) mass is 435 g/mol. The summed E-state index contributed by atoms with van der Waals surface area (Å²) in [6.07, 6.45) is 5.75. The molecule has 2 heterocycles. The molecule has 0 unspecified atom stereocenters. The van der Waals surface area contributed by atoms with Gasteiger partial charge in [0.05, 0.1) is 12.7 Å². The van der Waals surface area contributed by atoms with E-state index in [4.69, 9.17) is 18.9 Å². The summed E-state index contributed by atoms with van der Waals surface area (Å²) in [5.74, 6) is -0.699. The van der Waals surface area contributed by atoms with E-state index in [1.807, 2.05) is 19.9 Å². The third-order valence-electron chi connectivity index (χ3n) is 5.97. The smallest absolute Gasteiger partial charge is 0.187 e. The Morgan fingerprint density at radius 1 is 1.03 bits per heavy atom. The number of rotatable bonds is 14. The maximum Gasteiger partial charge on any atom is 0.187 e. The second-order valence-electron chi connectivity index (χ2n) is 9.18. The van der Waals surface area contributed by atoms with Gasteiger partial charge in [-0.2, -0.15) is 0 Å². The first-order chi connectivity index (χ1) is 15.0. The molecule has 1 aromatic rings. The topological polar surface area (TPSA) is 69.2 Å². The number of fused-ring (bicyclic) bond motifs is 1. The molecule has 1 aromatic carbocycles. The largest absolute Gasteiger partial charge is 0.389 e. The van der Waals surface area contributed by atoms with Gasteiger partial charge in [-0.05, 0) is 45.2 Å². The molecule has 2 aliphatic heterocycles. The zero-order valence-electron chi connectivity index (χ0n) is 19.4. The van der Waals surface area contributed by atoms with E-state index in [0.717, 1.165) is 25.8 Å². The maximum atomic E-state index is 10.8. The van der Waals surface area contributed by atoms with Gasteiger partial charge in [-0.3, -0.25) is 0 Å². The number of hydrogen-bond acceptors (Lipinski definition) is 6. The standard InChI is InChI=1S/C25H41NO5/c1-4-5-6-7-11-16-26-18-20(27)21-22-23(31-25(2,3)30-22)24(29-21)28-17-12-15-19-13-9-8-10-14-19/h8-10,13-14,20-24,26-27H,4-7,11-12,15-18H2,1-3H3/t20-,21-,22+,23+,24+/m1/s1. The predicted octanol–water partition coefficient (Wildman–Crippen LogP) is 3.80. The number of nitrogens with one attached hydrogen (secondary N) is 1. The molecule has 2 saturated heterocycles. The molecule has 31 heavy (non-hydrogen) atoms. The number of ether oxygens (including phenoxy) is 4. The molecule has 2 fully saturated rings. The molecule has 2 N–H and O–H groups in total. The van der Waals surface area contributed by atoms with Crippen LogP contribution in [0.2, 0.25) is 0 Å². The van der Waals surface area contributed by atoms with Crippen molar-refractivity contribution in [3.63, 3.8) is 0 Å². The van der Waals surface area contributed by atoms with Crippen LogP contribution in [0.25, 0.3) is 0 Å². The van der Waals surface area contributed by atoms with Gasteiger partial charge >= 0.3 is 0 Å². The van der Waals surface area contributed by atoms with Crippen LogP contribution in [-0.4, -0.2) is 61.3 Å². The summed E-state index contributed by atoms with van der Waals surface area (Å²) in [6.45, 7) is 7.98. The summed E-state index contributed by atoms with van der Waals surface area (Å²) < 4.78 is 24.2. The molecule has 0 radical (unpaired) electrons. The second kappa shape index (κ2) is 12.3. The molecule has 0 bridgehead atoms. The molecular weight excluding hydrogens is 394 g/mol. The Morgan fingerprint density at radius 3 is 2.55 bits per heavy atom. The molecule has 0 spiro atoms. The highest BCUT2D eigenvalue weighted by atomic mass is 16.8. The lowest BCUT2D eigenvalue weighted by Crippen LogP contribution is -2.44. The molecule has 0 aliphatic carbocycles. The van der Waals surface area contributed by atoms with Gasteiger partial charge in [0.1, 0.15) is 18.3 Å². The molecule has 3 rings (SSSR count). The third kappa shape index (κ3) is 7.52. The van der Waals surface area contributed by atoms with Crippen LogP contribution in [0.5, 0.6) is 0 Å². The van der Waals surface area contributed by atoms with Gasteiger partial charge in [-0.25, -0.2) is 0 Å². The van der Waals surface area contributed by atoms with E-state index in [0.29, 0.717) is 13.2 Å². The Balaban J connectivity index is 1.43. The van der Waals surface area contributed by atoms with Crippen LogP contribution in [0.15, 0.2) is 30.3 Å². The average molecular weight is 436 g/mol. The first kappa shape index (κ1) is 24.6. The lowest BCUT2D eigenvalue weighted by molar-refractivity contribution is -0.242. The van der Waals surface area contributed by atoms with E-state index in [1.165, 1.54) is 31.2 Å². The van der Waals surface area contributed by atoms with Gasteiger partial charge in [0.15, 0.2) is 12.1 Å². The first-order valence-electron chi connectivity index (χ1n) is 12.1.